The molecule has 1 aliphatic heterocycles. The summed E-state index contributed by atoms with van der Waals surface area (Å²) in [7, 11) is 0. The molecule has 3 rings (SSSR count). The molecule has 0 N–H and O–H groups in total. The third-order valence-corrected chi connectivity index (χ3v) is 5.43. The van der Waals surface area contributed by atoms with Crippen LogP contribution in [0.15, 0.2) is 5.16 Å². The van der Waals surface area contributed by atoms with E-state index in [1.54, 1.807) is 0 Å². The van der Waals surface area contributed by atoms with Gasteiger partial charge in [-0.1, -0.05) is 20.8 Å². The van der Waals surface area contributed by atoms with E-state index in [1.165, 1.54) is 12.8 Å². The molecule has 3 atom stereocenters. The van der Waals surface area contributed by atoms with E-state index in [0.29, 0.717) is 17.2 Å². The molecule has 0 aromatic heterocycles. The number of hydrogen-bond acceptors (Lipinski definition) is 3. The second-order valence-corrected chi connectivity index (χ2v) is 6.05. The molecule has 0 saturated heterocycles. The molecule has 2 saturated carbocycles. The van der Waals surface area contributed by atoms with Gasteiger partial charge in [0.1, 0.15) is 0 Å². The van der Waals surface area contributed by atoms with Crippen LogP contribution in [0.3, 0.4) is 0 Å². The fourth-order valence-corrected chi connectivity index (χ4v) is 3.89. The van der Waals surface area contributed by atoms with Crippen LogP contribution in [0.1, 0.15) is 47.0 Å². The van der Waals surface area contributed by atoms with Crippen LogP contribution in [0, 0.1) is 16.7 Å². The lowest BCUT2D eigenvalue weighted by Gasteiger charge is -2.42. The lowest BCUT2D eigenvalue weighted by Crippen LogP contribution is -2.48. The first-order chi connectivity index (χ1) is 6.91. The van der Waals surface area contributed by atoms with E-state index in [2.05, 4.69) is 25.9 Å². The highest BCUT2D eigenvalue weighted by molar-refractivity contribution is 5.74. The minimum absolute atomic E-state index is 0.103. The first-order valence-electron chi connectivity index (χ1n) is 5.83. The molecular weight excluding hydrogens is 190 g/mol. The smallest absolute Gasteiger partial charge is 0.282 e. The predicted molar refractivity (Wildman–Crippen MR) is 57.2 cm³/mol. The number of oxime groups is 1. The van der Waals surface area contributed by atoms with E-state index >= 15 is 0 Å². The summed E-state index contributed by atoms with van der Waals surface area (Å²) < 4.78 is 5.91. The third kappa shape index (κ3) is 0.822. The average molecular weight is 209 g/mol. The van der Waals surface area contributed by atoms with E-state index in [1.807, 2.05) is 6.92 Å². The number of ether oxygens (including phenoxy) is 1. The molecule has 2 aliphatic carbocycles. The molecule has 3 nitrogen and oxygen atoms in total. The fourth-order valence-electron chi connectivity index (χ4n) is 3.89. The molecule has 2 bridgehead atoms. The van der Waals surface area contributed by atoms with Gasteiger partial charge < -0.3 is 9.57 Å². The zero-order chi connectivity index (χ0) is 10.9. The number of nitrogens with zero attached hydrogens (tertiary/aromatic N) is 1. The van der Waals surface area contributed by atoms with Gasteiger partial charge in [0.2, 0.25) is 5.90 Å². The zero-order valence-electron chi connectivity index (χ0n) is 9.96. The maximum Gasteiger partial charge on any atom is 0.282 e. The van der Waals surface area contributed by atoms with Crippen molar-refractivity contribution in [3.63, 3.8) is 0 Å². The van der Waals surface area contributed by atoms with Crippen molar-refractivity contribution < 1.29 is 9.57 Å². The van der Waals surface area contributed by atoms with Gasteiger partial charge in [0, 0.05) is 13.3 Å². The standard InChI is InChI=1S/C12H19NO2/c1-8-13-15-12(14-8)7-9-5-6-11(12,4)10(9,2)3/h9H,5-7H2,1-4H3/t9-,11-,12-/m1/s1. The maximum absolute atomic E-state index is 5.91. The summed E-state index contributed by atoms with van der Waals surface area (Å²) >= 11 is 0. The highest BCUT2D eigenvalue weighted by Crippen LogP contribution is 2.71. The van der Waals surface area contributed by atoms with Gasteiger partial charge in [0.25, 0.3) is 5.79 Å². The van der Waals surface area contributed by atoms with E-state index in [9.17, 15) is 0 Å². The van der Waals surface area contributed by atoms with Crippen molar-refractivity contribution in [2.75, 3.05) is 0 Å². The number of hydrogen-bond donors (Lipinski definition) is 0. The minimum atomic E-state index is -0.455. The van der Waals surface area contributed by atoms with Crippen LogP contribution in [0.2, 0.25) is 0 Å². The first kappa shape index (κ1) is 9.49. The second-order valence-electron chi connectivity index (χ2n) is 6.05. The topological polar surface area (TPSA) is 30.8 Å². The summed E-state index contributed by atoms with van der Waals surface area (Å²) in [6, 6.07) is 0. The van der Waals surface area contributed by atoms with E-state index in [0.717, 1.165) is 6.42 Å². The van der Waals surface area contributed by atoms with Crippen LogP contribution in [-0.4, -0.2) is 11.7 Å². The summed E-state index contributed by atoms with van der Waals surface area (Å²) in [5, 5.41) is 4.00. The second kappa shape index (κ2) is 2.33. The van der Waals surface area contributed by atoms with Crippen molar-refractivity contribution in [2.24, 2.45) is 21.9 Å². The van der Waals surface area contributed by atoms with Crippen LogP contribution in [-0.2, 0) is 9.57 Å². The Morgan fingerprint density at radius 3 is 2.47 bits per heavy atom. The number of fused-ring (bicyclic) bond motifs is 3. The molecule has 0 radical (unpaired) electrons. The summed E-state index contributed by atoms with van der Waals surface area (Å²) in [4.78, 5) is 5.65. The van der Waals surface area contributed by atoms with Gasteiger partial charge in [0.05, 0.1) is 5.41 Å². The molecule has 1 spiro atoms. The number of rotatable bonds is 0. The van der Waals surface area contributed by atoms with Gasteiger partial charge in [-0.25, -0.2) is 0 Å². The third-order valence-electron chi connectivity index (χ3n) is 5.43. The monoisotopic (exact) mass is 209 g/mol. The van der Waals surface area contributed by atoms with Gasteiger partial charge in [-0.3, -0.25) is 0 Å². The largest absolute Gasteiger partial charge is 0.433 e. The lowest BCUT2D eigenvalue weighted by atomic mass is 9.68. The summed E-state index contributed by atoms with van der Waals surface area (Å²) in [5.41, 5.74) is 0.402. The predicted octanol–water partition coefficient (Wildman–Crippen LogP) is 2.91. The van der Waals surface area contributed by atoms with Crippen molar-refractivity contribution in [1.29, 1.82) is 0 Å². The van der Waals surface area contributed by atoms with Crippen LogP contribution in [0.4, 0.5) is 0 Å². The van der Waals surface area contributed by atoms with Gasteiger partial charge >= 0.3 is 0 Å². The van der Waals surface area contributed by atoms with Crippen LogP contribution >= 0.6 is 0 Å². The Labute approximate surface area is 90.8 Å². The molecular formula is C12H19NO2. The zero-order valence-corrected chi connectivity index (χ0v) is 9.96. The highest BCUT2D eigenvalue weighted by atomic mass is 16.8. The van der Waals surface area contributed by atoms with Crippen molar-refractivity contribution in [2.45, 2.75) is 52.7 Å². The van der Waals surface area contributed by atoms with Gasteiger partial charge in [0.15, 0.2) is 0 Å². The average Bonchev–Trinajstić information content (AvgIpc) is 2.66. The fraction of sp³-hybridized carbons (Fsp3) is 0.917. The Morgan fingerprint density at radius 2 is 2.07 bits per heavy atom. The molecule has 0 aromatic carbocycles. The van der Waals surface area contributed by atoms with Gasteiger partial charge in [-0.05, 0) is 29.3 Å². The van der Waals surface area contributed by atoms with Crippen LogP contribution < -0.4 is 0 Å². The normalized spacial score (nSPS) is 50.4. The maximum atomic E-state index is 5.91. The molecule has 15 heavy (non-hydrogen) atoms. The molecule has 0 amide bonds. The summed E-state index contributed by atoms with van der Waals surface area (Å²) in [6.45, 7) is 8.87. The van der Waals surface area contributed by atoms with Gasteiger partial charge in [-0.2, -0.15) is 0 Å². The molecule has 0 aromatic rings. The van der Waals surface area contributed by atoms with E-state index < -0.39 is 5.79 Å². The summed E-state index contributed by atoms with van der Waals surface area (Å²) in [6.07, 6.45) is 3.49. The molecule has 0 unspecified atom stereocenters. The minimum Gasteiger partial charge on any atom is -0.433 e. The molecule has 3 heteroatoms. The lowest BCUT2D eigenvalue weighted by molar-refractivity contribution is -0.237. The quantitative estimate of drug-likeness (QED) is 0.614. The Balaban J connectivity index is 2.03. The van der Waals surface area contributed by atoms with Crippen molar-refractivity contribution in [1.82, 2.24) is 0 Å². The Bertz CT molecular complexity index is 350. The van der Waals surface area contributed by atoms with Crippen LogP contribution in [0.25, 0.3) is 0 Å². The Morgan fingerprint density at radius 1 is 1.33 bits per heavy atom. The Hall–Kier alpha value is -0.730. The summed E-state index contributed by atoms with van der Waals surface area (Å²) in [5.74, 6) is 0.937. The van der Waals surface area contributed by atoms with Crippen molar-refractivity contribution in [3.05, 3.63) is 0 Å². The Kier molecular flexibility index (Phi) is 1.48. The van der Waals surface area contributed by atoms with Gasteiger partial charge in [-0.15, -0.1) is 0 Å². The van der Waals surface area contributed by atoms with Crippen LogP contribution in [0.5, 0.6) is 0 Å². The SMILES string of the molecule is CC1=NO[C@@]2(C[C@H]3CC[C@]2(C)C3(C)C)O1. The van der Waals surface area contributed by atoms with Crippen molar-refractivity contribution in [3.8, 4) is 0 Å². The molecule has 2 fully saturated rings. The molecule has 84 valence electrons. The highest BCUT2D eigenvalue weighted by Gasteiger charge is 2.74. The first-order valence-corrected chi connectivity index (χ1v) is 5.83. The van der Waals surface area contributed by atoms with E-state index in [4.69, 9.17) is 9.57 Å². The molecule has 3 aliphatic rings. The van der Waals surface area contributed by atoms with Crippen molar-refractivity contribution >= 4 is 5.90 Å². The van der Waals surface area contributed by atoms with E-state index in [-0.39, 0.29) is 5.41 Å². The molecule has 1 heterocycles.